The van der Waals surface area contributed by atoms with Crippen molar-refractivity contribution in [3.05, 3.63) is 60.8 Å². The van der Waals surface area contributed by atoms with Gasteiger partial charge in [0.25, 0.3) is 0 Å². The Balaban J connectivity index is 1.23. The Morgan fingerprint density at radius 1 is 1.06 bits per heavy atom. The van der Waals surface area contributed by atoms with Crippen LogP contribution in [0.1, 0.15) is 38.2 Å². The standard InChI is InChI=1S/C26H28N8O/c1-16(2)33-9-7-18(8-10-33)17-3-5-21(6-4-17)32-24-25-30-15-31-34(25)22(14-28-24)19-11-20-13-29-26(35)23(20)27-12-19/h3-6,11-16,18,29,35H,7-10H2,1-2H3,(H,28,32). The Labute approximate surface area is 202 Å². The Morgan fingerprint density at radius 2 is 1.86 bits per heavy atom. The van der Waals surface area contributed by atoms with Gasteiger partial charge in [-0.05, 0) is 69.5 Å². The molecule has 5 heterocycles. The zero-order valence-corrected chi connectivity index (χ0v) is 19.8. The summed E-state index contributed by atoms with van der Waals surface area (Å²) in [7, 11) is 0. The third kappa shape index (κ3) is 3.97. The summed E-state index contributed by atoms with van der Waals surface area (Å²) in [6.45, 7) is 6.88. The summed E-state index contributed by atoms with van der Waals surface area (Å²) in [5.74, 6) is 1.31. The van der Waals surface area contributed by atoms with Crippen LogP contribution in [0.15, 0.2) is 55.2 Å². The summed E-state index contributed by atoms with van der Waals surface area (Å²) in [4.78, 5) is 18.8. The number of anilines is 2. The molecule has 178 valence electrons. The molecule has 1 aromatic carbocycles. The number of hydrogen-bond acceptors (Lipinski definition) is 7. The lowest BCUT2D eigenvalue weighted by Gasteiger charge is -2.34. The van der Waals surface area contributed by atoms with Crippen molar-refractivity contribution in [1.29, 1.82) is 0 Å². The van der Waals surface area contributed by atoms with E-state index in [0.717, 1.165) is 35.4 Å². The largest absolute Gasteiger partial charge is 0.493 e. The van der Waals surface area contributed by atoms with Crippen LogP contribution in [0.4, 0.5) is 11.5 Å². The van der Waals surface area contributed by atoms with Gasteiger partial charge in [-0.15, -0.1) is 0 Å². The number of nitrogens with zero attached hydrogens (tertiary/aromatic N) is 6. The van der Waals surface area contributed by atoms with E-state index >= 15 is 0 Å². The van der Waals surface area contributed by atoms with Crippen molar-refractivity contribution in [3.63, 3.8) is 0 Å². The van der Waals surface area contributed by atoms with Crippen LogP contribution in [0.3, 0.4) is 0 Å². The summed E-state index contributed by atoms with van der Waals surface area (Å²) < 4.78 is 1.75. The molecule has 1 aliphatic heterocycles. The average Bonchev–Trinajstić information content (AvgIpc) is 3.52. The number of aromatic hydroxyl groups is 1. The maximum absolute atomic E-state index is 9.84. The topological polar surface area (TPSA) is 107 Å². The first-order valence-electron chi connectivity index (χ1n) is 12.0. The van der Waals surface area contributed by atoms with Gasteiger partial charge >= 0.3 is 0 Å². The number of benzene rings is 1. The predicted molar refractivity (Wildman–Crippen MR) is 136 cm³/mol. The molecule has 4 aromatic heterocycles. The summed E-state index contributed by atoms with van der Waals surface area (Å²) >= 11 is 0. The third-order valence-electron chi connectivity index (χ3n) is 7.01. The highest BCUT2D eigenvalue weighted by molar-refractivity contribution is 5.87. The van der Waals surface area contributed by atoms with Gasteiger partial charge in [-0.25, -0.2) is 19.5 Å². The van der Waals surface area contributed by atoms with Crippen LogP contribution in [-0.2, 0) is 0 Å². The fourth-order valence-electron chi connectivity index (χ4n) is 4.97. The van der Waals surface area contributed by atoms with E-state index in [1.807, 2.05) is 6.07 Å². The van der Waals surface area contributed by atoms with E-state index in [9.17, 15) is 5.11 Å². The SMILES string of the molecule is CC(C)N1CCC(c2ccc(Nc3ncc(-c4cnc5c(O)[nH]cc5c4)n4ncnc34)cc2)CC1. The van der Waals surface area contributed by atoms with Gasteiger partial charge in [-0.2, -0.15) is 5.10 Å². The lowest BCUT2D eigenvalue weighted by molar-refractivity contribution is 0.172. The summed E-state index contributed by atoms with van der Waals surface area (Å²) in [6.07, 6.45) is 9.11. The number of aromatic nitrogens is 6. The second kappa shape index (κ2) is 8.66. The molecule has 1 fully saturated rings. The molecular formula is C26H28N8O. The van der Waals surface area contributed by atoms with E-state index in [1.54, 1.807) is 23.1 Å². The monoisotopic (exact) mass is 468 g/mol. The van der Waals surface area contributed by atoms with Crippen molar-refractivity contribution in [2.75, 3.05) is 18.4 Å². The molecule has 0 aliphatic carbocycles. The zero-order valence-electron chi connectivity index (χ0n) is 19.8. The van der Waals surface area contributed by atoms with E-state index in [2.05, 4.69) is 73.4 Å². The number of hydrogen-bond donors (Lipinski definition) is 3. The minimum absolute atomic E-state index is 0.0576. The fraction of sp³-hybridized carbons (Fsp3) is 0.308. The van der Waals surface area contributed by atoms with Crippen LogP contribution in [0.5, 0.6) is 5.88 Å². The first-order chi connectivity index (χ1) is 17.1. The Bertz CT molecular complexity index is 1480. The maximum Gasteiger partial charge on any atom is 0.215 e. The van der Waals surface area contributed by atoms with Crippen LogP contribution in [0, 0.1) is 0 Å². The Morgan fingerprint density at radius 3 is 2.63 bits per heavy atom. The Kier molecular flexibility index (Phi) is 5.33. The van der Waals surface area contributed by atoms with Crippen molar-refractivity contribution >= 4 is 28.1 Å². The van der Waals surface area contributed by atoms with Gasteiger partial charge in [0.1, 0.15) is 11.8 Å². The van der Waals surface area contributed by atoms with Gasteiger partial charge in [0.2, 0.25) is 5.88 Å². The zero-order chi connectivity index (χ0) is 23.9. The second-order valence-corrected chi connectivity index (χ2v) is 9.44. The highest BCUT2D eigenvalue weighted by Crippen LogP contribution is 2.31. The highest BCUT2D eigenvalue weighted by atomic mass is 16.3. The maximum atomic E-state index is 9.84. The number of fused-ring (bicyclic) bond motifs is 2. The van der Waals surface area contributed by atoms with E-state index in [-0.39, 0.29) is 5.88 Å². The van der Waals surface area contributed by atoms with E-state index in [0.29, 0.717) is 28.9 Å². The van der Waals surface area contributed by atoms with Crippen molar-refractivity contribution in [2.45, 2.75) is 38.6 Å². The van der Waals surface area contributed by atoms with E-state index in [1.165, 1.54) is 24.7 Å². The highest BCUT2D eigenvalue weighted by Gasteiger charge is 2.22. The quantitative estimate of drug-likeness (QED) is 0.343. The van der Waals surface area contributed by atoms with Crippen LogP contribution in [-0.4, -0.2) is 58.7 Å². The minimum atomic E-state index is 0.0576. The molecule has 0 amide bonds. The molecule has 0 unspecified atom stereocenters. The lowest BCUT2D eigenvalue weighted by atomic mass is 9.89. The Hall–Kier alpha value is -3.98. The number of rotatable bonds is 5. The molecule has 1 aliphatic rings. The molecule has 1 saturated heterocycles. The normalized spacial score (nSPS) is 15.4. The minimum Gasteiger partial charge on any atom is -0.493 e. The number of likely N-dealkylation sites (tertiary alicyclic amines) is 1. The second-order valence-electron chi connectivity index (χ2n) is 9.44. The first kappa shape index (κ1) is 21.5. The number of pyridine rings is 1. The number of H-pyrrole nitrogens is 1. The summed E-state index contributed by atoms with van der Waals surface area (Å²) in [5.41, 5.74) is 5.12. The van der Waals surface area contributed by atoms with Gasteiger partial charge in [0.15, 0.2) is 11.5 Å². The number of piperidine rings is 1. The van der Waals surface area contributed by atoms with E-state index in [4.69, 9.17) is 0 Å². The third-order valence-corrected chi connectivity index (χ3v) is 7.01. The molecule has 0 bridgehead atoms. The molecule has 0 spiro atoms. The number of nitrogens with one attached hydrogen (secondary N) is 2. The smallest absolute Gasteiger partial charge is 0.215 e. The molecule has 0 radical (unpaired) electrons. The van der Waals surface area contributed by atoms with Crippen LogP contribution >= 0.6 is 0 Å². The van der Waals surface area contributed by atoms with E-state index < -0.39 is 0 Å². The molecular weight excluding hydrogens is 440 g/mol. The van der Waals surface area contributed by atoms with Gasteiger partial charge < -0.3 is 20.3 Å². The summed E-state index contributed by atoms with van der Waals surface area (Å²) in [5, 5.41) is 18.5. The van der Waals surface area contributed by atoms with Crippen LogP contribution in [0.25, 0.3) is 27.8 Å². The molecule has 9 heteroatoms. The first-order valence-corrected chi connectivity index (χ1v) is 12.0. The van der Waals surface area contributed by atoms with Crippen LogP contribution < -0.4 is 5.32 Å². The molecule has 6 rings (SSSR count). The molecule has 9 nitrogen and oxygen atoms in total. The van der Waals surface area contributed by atoms with Crippen molar-refractivity contribution < 1.29 is 5.11 Å². The lowest BCUT2D eigenvalue weighted by Crippen LogP contribution is -2.37. The molecule has 35 heavy (non-hydrogen) atoms. The van der Waals surface area contributed by atoms with Gasteiger partial charge in [0, 0.05) is 35.1 Å². The molecule has 0 atom stereocenters. The molecule has 0 saturated carbocycles. The fourth-order valence-corrected chi connectivity index (χ4v) is 4.97. The number of aromatic amines is 1. The van der Waals surface area contributed by atoms with Gasteiger partial charge in [-0.1, -0.05) is 12.1 Å². The van der Waals surface area contributed by atoms with Gasteiger partial charge in [-0.3, -0.25) is 0 Å². The van der Waals surface area contributed by atoms with Crippen molar-refractivity contribution in [1.82, 2.24) is 34.4 Å². The molecule has 5 aromatic rings. The van der Waals surface area contributed by atoms with Gasteiger partial charge in [0.05, 0.1) is 11.9 Å². The van der Waals surface area contributed by atoms with Crippen molar-refractivity contribution in [2.24, 2.45) is 0 Å². The molecule has 3 N–H and O–H groups in total. The average molecular weight is 469 g/mol. The summed E-state index contributed by atoms with van der Waals surface area (Å²) in [6, 6.07) is 11.2. The van der Waals surface area contributed by atoms with Crippen LogP contribution in [0.2, 0.25) is 0 Å². The van der Waals surface area contributed by atoms with Crippen molar-refractivity contribution in [3.8, 4) is 17.1 Å². The predicted octanol–water partition coefficient (Wildman–Crippen LogP) is 4.70.